The van der Waals surface area contributed by atoms with Crippen LogP contribution in [0, 0.1) is 5.92 Å². The zero-order valence-electron chi connectivity index (χ0n) is 14.0. The minimum atomic E-state index is -0.185. The molecule has 2 aliphatic rings. The van der Waals surface area contributed by atoms with Gasteiger partial charge in [0.2, 0.25) is 11.8 Å². The van der Waals surface area contributed by atoms with Crippen molar-refractivity contribution in [3.05, 3.63) is 59.2 Å². The Labute approximate surface area is 146 Å². The van der Waals surface area contributed by atoms with Gasteiger partial charge in [-0.05, 0) is 42.2 Å². The molecule has 2 aliphatic heterocycles. The molecule has 2 aromatic carbocycles. The van der Waals surface area contributed by atoms with E-state index in [0.717, 1.165) is 28.1 Å². The SMILES string of the molecule is C[C@@H](NC(=O)[C@H]1COc2ccccc2C1)c1ccc2c(c1)CC(=O)N2. The molecule has 2 aromatic rings. The Morgan fingerprint density at radius 1 is 1.24 bits per heavy atom. The second kappa shape index (κ2) is 6.24. The van der Waals surface area contributed by atoms with Crippen molar-refractivity contribution in [3.8, 4) is 5.75 Å². The van der Waals surface area contributed by atoms with Crippen LogP contribution in [-0.2, 0) is 22.4 Å². The molecule has 25 heavy (non-hydrogen) atoms. The molecule has 2 amide bonds. The highest BCUT2D eigenvalue weighted by Crippen LogP contribution is 2.29. The molecular weight excluding hydrogens is 316 g/mol. The summed E-state index contributed by atoms with van der Waals surface area (Å²) in [4.78, 5) is 24.1. The number of rotatable bonds is 3. The summed E-state index contributed by atoms with van der Waals surface area (Å²) in [7, 11) is 0. The first-order chi connectivity index (χ1) is 12.1. The fourth-order valence-electron chi connectivity index (χ4n) is 3.43. The standard InChI is InChI=1S/C20H20N2O3/c1-12(13-6-7-17-15(8-13)10-19(23)22-17)21-20(24)16-9-14-4-2-3-5-18(14)25-11-16/h2-8,12,16H,9-11H2,1H3,(H,21,24)(H,22,23)/t12-,16-/m1/s1. The van der Waals surface area contributed by atoms with E-state index in [9.17, 15) is 9.59 Å². The number of hydrogen-bond acceptors (Lipinski definition) is 3. The summed E-state index contributed by atoms with van der Waals surface area (Å²) in [5, 5.41) is 5.90. The van der Waals surface area contributed by atoms with Crippen molar-refractivity contribution in [2.45, 2.75) is 25.8 Å². The van der Waals surface area contributed by atoms with Crippen LogP contribution in [-0.4, -0.2) is 18.4 Å². The van der Waals surface area contributed by atoms with Crippen LogP contribution in [0.4, 0.5) is 5.69 Å². The maximum absolute atomic E-state index is 12.6. The predicted octanol–water partition coefficient (Wildman–Crippen LogP) is 2.61. The van der Waals surface area contributed by atoms with Gasteiger partial charge in [-0.15, -0.1) is 0 Å². The first-order valence-electron chi connectivity index (χ1n) is 8.54. The lowest BCUT2D eigenvalue weighted by atomic mass is 9.95. The molecule has 0 unspecified atom stereocenters. The van der Waals surface area contributed by atoms with Gasteiger partial charge in [-0.25, -0.2) is 0 Å². The van der Waals surface area contributed by atoms with Crippen LogP contribution >= 0.6 is 0 Å². The number of anilines is 1. The highest BCUT2D eigenvalue weighted by Gasteiger charge is 2.27. The molecule has 0 saturated heterocycles. The zero-order valence-corrected chi connectivity index (χ0v) is 14.0. The molecule has 2 heterocycles. The second-order valence-corrected chi connectivity index (χ2v) is 6.69. The third-order valence-electron chi connectivity index (χ3n) is 4.86. The van der Waals surface area contributed by atoms with Crippen molar-refractivity contribution in [1.29, 1.82) is 0 Å². The smallest absolute Gasteiger partial charge is 0.228 e. The Morgan fingerprint density at radius 2 is 2.08 bits per heavy atom. The molecule has 4 rings (SSSR count). The maximum atomic E-state index is 12.6. The third kappa shape index (κ3) is 3.09. The van der Waals surface area contributed by atoms with Gasteiger partial charge in [-0.3, -0.25) is 9.59 Å². The first kappa shape index (κ1) is 15.7. The van der Waals surface area contributed by atoms with Crippen LogP contribution in [0.1, 0.15) is 29.7 Å². The van der Waals surface area contributed by atoms with Gasteiger partial charge in [-0.1, -0.05) is 30.3 Å². The summed E-state index contributed by atoms with van der Waals surface area (Å²) in [6, 6.07) is 13.6. The third-order valence-corrected chi connectivity index (χ3v) is 4.86. The van der Waals surface area contributed by atoms with Gasteiger partial charge < -0.3 is 15.4 Å². The number of hydrogen-bond donors (Lipinski definition) is 2. The number of carbonyl (C=O) groups is 2. The van der Waals surface area contributed by atoms with Crippen LogP contribution in [0.5, 0.6) is 5.75 Å². The number of nitrogens with one attached hydrogen (secondary N) is 2. The number of benzene rings is 2. The first-order valence-corrected chi connectivity index (χ1v) is 8.54. The number of fused-ring (bicyclic) bond motifs is 2. The van der Waals surface area contributed by atoms with E-state index in [2.05, 4.69) is 10.6 Å². The lowest BCUT2D eigenvalue weighted by Crippen LogP contribution is -2.38. The van der Waals surface area contributed by atoms with Crippen molar-refractivity contribution in [1.82, 2.24) is 5.32 Å². The molecule has 5 nitrogen and oxygen atoms in total. The summed E-state index contributed by atoms with van der Waals surface area (Å²) in [6.07, 6.45) is 1.09. The molecule has 0 radical (unpaired) electrons. The van der Waals surface area contributed by atoms with Crippen LogP contribution in [0.15, 0.2) is 42.5 Å². The number of para-hydroxylation sites is 1. The molecule has 2 atom stereocenters. The molecule has 0 bridgehead atoms. The van der Waals surface area contributed by atoms with E-state index in [1.165, 1.54) is 0 Å². The highest BCUT2D eigenvalue weighted by atomic mass is 16.5. The fourth-order valence-corrected chi connectivity index (χ4v) is 3.43. The Kier molecular flexibility index (Phi) is 3.92. The van der Waals surface area contributed by atoms with Gasteiger partial charge >= 0.3 is 0 Å². The molecule has 0 spiro atoms. The number of amides is 2. The summed E-state index contributed by atoms with van der Waals surface area (Å²) in [5.41, 5.74) is 3.92. The van der Waals surface area contributed by atoms with Gasteiger partial charge in [0.25, 0.3) is 0 Å². The predicted molar refractivity (Wildman–Crippen MR) is 94.5 cm³/mol. The van der Waals surface area contributed by atoms with Gasteiger partial charge in [-0.2, -0.15) is 0 Å². The van der Waals surface area contributed by atoms with E-state index in [-0.39, 0.29) is 23.8 Å². The van der Waals surface area contributed by atoms with Gasteiger partial charge in [0.05, 0.1) is 18.4 Å². The lowest BCUT2D eigenvalue weighted by Gasteiger charge is -2.26. The van der Waals surface area contributed by atoms with Crippen LogP contribution in [0.25, 0.3) is 0 Å². The summed E-state index contributed by atoms with van der Waals surface area (Å²) >= 11 is 0. The van der Waals surface area contributed by atoms with Crippen LogP contribution in [0.3, 0.4) is 0 Å². The fraction of sp³-hybridized carbons (Fsp3) is 0.300. The summed E-state index contributed by atoms with van der Waals surface area (Å²) < 4.78 is 5.71. The van der Waals surface area contributed by atoms with Crippen molar-refractivity contribution in [3.63, 3.8) is 0 Å². The highest BCUT2D eigenvalue weighted by molar-refractivity contribution is 5.99. The molecule has 128 valence electrons. The van der Waals surface area contributed by atoms with Gasteiger partial charge in [0, 0.05) is 5.69 Å². The second-order valence-electron chi connectivity index (χ2n) is 6.69. The van der Waals surface area contributed by atoms with E-state index in [0.29, 0.717) is 19.4 Å². The van der Waals surface area contributed by atoms with E-state index in [4.69, 9.17) is 4.74 Å². The maximum Gasteiger partial charge on any atom is 0.228 e. The largest absolute Gasteiger partial charge is 0.492 e. The Hall–Kier alpha value is -2.82. The Morgan fingerprint density at radius 3 is 2.96 bits per heavy atom. The minimum Gasteiger partial charge on any atom is -0.492 e. The van der Waals surface area contributed by atoms with Crippen LogP contribution < -0.4 is 15.4 Å². The molecule has 5 heteroatoms. The van der Waals surface area contributed by atoms with Gasteiger partial charge in [0.1, 0.15) is 12.4 Å². The van der Waals surface area contributed by atoms with E-state index < -0.39 is 0 Å². The molecular formula is C20H20N2O3. The van der Waals surface area contributed by atoms with Crippen LogP contribution in [0.2, 0.25) is 0 Å². The quantitative estimate of drug-likeness (QED) is 0.905. The van der Waals surface area contributed by atoms with Crippen molar-refractivity contribution in [2.24, 2.45) is 5.92 Å². The van der Waals surface area contributed by atoms with Crippen molar-refractivity contribution >= 4 is 17.5 Å². The minimum absolute atomic E-state index is 0.00305. The topological polar surface area (TPSA) is 67.4 Å². The molecule has 0 saturated carbocycles. The van der Waals surface area contributed by atoms with E-state index >= 15 is 0 Å². The molecule has 0 aliphatic carbocycles. The Bertz CT molecular complexity index is 847. The number of carbonyl (C=O) groups excluding carboxylic acids is 2. The molecule has 0 aromatic heterocycles. The van der Waals surface area contributed by atoms with E-state index in [1.54, 1.807) is 0 Å². The zero-order chi connectivity index (χ0) is 17.4. The normalized spacial score (nSPS) is 19.2. The average Bonchev–Trinajstić information content (AvgIpc) is 3.00. The average molecular weight is 336 g/mol. The number of ether oxygens (including phenoxy) is 1. The lowest BCUT2D eigenvalue weighted by molar-refractivity contribution is -0.127. The Balaban J connectivity index is 1.43. The van der Waals surface area contributed by atoms with Crippen molar-refractivity contribution < 1.29 is 14.3 Å². The molecule has 0 fully saturated rings. The summed E-state index contributed by atoms with van der Waals surface area (Å²) in [5.74, 6) is 0.698. The van der Waals surface area contributed by atoms with Gasteiger partial charge in [0.15, 0.2) is 0 Å². The van der Waals surface area contributed by atoms with Crippen molar-refractivity contribution in [2.75, 3.05) is 11.9 Å². The monoisotopic (exact) mass is 336 g/mol. The molecule has 2 N–H and O–H groups in total. The van der Waals surface area contributed by atoms with E-state index in [1.807, 2.05) is 49.4 Å². The summed E-state index contributed by atoms with van der Waals surface area (Å²) in [6.45, 7) is 2.36.